The third-order valence-electron chi connectivity index (χ3n) is 2.64. The number of nitrogens with one attached hydrogen (secondary N) is 1. The zero-order valence-electron chi connectivity index (χ0n) is 9.71. The highest BCUT2D eigenvalue weighted by molar-refractivity contribution is 9.13. The van der Waals surface area contributed by atoms with Gasteiger partial charge < -0.3 is 10.1 Å². The number of hydrogen-bond donors (Lipinski definition) is 1. The summed E-state index contributed by atoms with van der Waals surface area (Å²) in [4.78, 5) is 3.66. The first-order chi connectivity index (χ1) is 8.15. The smallest absolute Gasteiger partial charge is 0.0843 e. The molecule has 6 heteroatoms. The van der Waals surface area contributed by atoms with Crippen LogP contribution in [0.4, 0.5) is 0 Å². The van der Waals surface area contributed by atoms with E-state index in [1.807, 2.05) is 0 Å². The summed E-state index contributed by atoms with van der Waals surface area (Å²) in [6.45, 7) is 4.71. The fourth-order valence-electron chi connectivity index (χ4n) is 1.88. The van der Waals surface area contributed by atoms with Crippen molar-refractivity contribution in [2.24, 2.45) is 0 Å². The predicted octanol–water partition coefficient (Wildman–Crippen LogP) is 2.69. The topological polar surface area (TPSA) is 24.5 Å². The first-order valence-corrected chi connectivity index (χ1v) is 8.00. The number of rotatable bonds is 4. The second kappa shape index (κ2) is 6.63. The molecular weight excluding hydrogens is 368 g/mol. The van der Waals surface area contributed by atoms with Crippen LogP contribution >= 0.6 is 43.2 Å². The Hall–Kier alpha value is 0.540. The van der Waals surface area contributed by atoms with Crippen molar-refractivity contribution < 1.29 is 4.74 Å². The van der Waals surface area contributed by atoms with Crippen molar-refractivity contribution in [3.8, 4) is 0 Å². The molecule has 1 fully saturated rings. The number of likely N-dealkylation sites (N-methyl/N-ethyl adjacent to an activating group) is 1. The fraction of sp³-hybridized carbons (Fsp3) is 0.636. The van der Waals surface area contributed by atoms with Crippen LogP contribution in [-0.2, 0) is 11.3 Å². The SMILES string of the molecule is CN(Cc1cc(Br)c(Br)s1)CC1CNCCO1. The number of nitrogens with zero attached hydrogens (tertiary/aromatic N) is 1. The molecule has 1 aromatic rings. The van der Waals surface area contributed by atoms with E-state index >= 15 is 0 Å². The molecule has 0 aromatic carbocycles. The highest BCUT2D eigenvalue weighted by atomic mass is 79.9. The molecule has 0 radical (unpaired) electrons. The first kappa shape index (κ1) is 14.0. The van der Waals surface area contributed by atoms with Gasteiger partial charge in [-0.05, 0) is 45.0 Å². The van der Waals surface area contributed by atoms with E-state index in [-0.39, 0.29) is 0 Å². The lowest BCUT2D eigenvalue weighted by molar-refractivity contribution is 0.00899. The average Bonchev–Trinajstić information content (AvgIpc) is 2.59. The summed E-state index contributed by atoms with van der Waals surface area (Å²) in [6.07, 6.45) is 0.320. The zero-order valence-corrected chi connectivity index (χ0v) is 13.7. The molecule has 0 aliphatic carbocycles. The van der Waals surface area contributed by atoms with Gasteiger partial charge in [-0.25, -0.2) is 0 Å². The first-order valence-electron chi connectivity index (χ1n) is 5.59. The fourth-order valence-corrected chi connectivity index (χ4v) is 4.14. The van der Waals surface area contributed by atoms with Crippen LogP contribution in [0.15, 0.2) is 14.3 Å². The molecule has 1 atom stereocenters. The maximum absolute atomic E-state index is 5.70. The van der Waals surface area contributed by atoms with Crippen molar-refractivity contribution in [2.75, 3.05) is 33.3 Å². The summed E-state index contributed by atoms with van der Waals surface area (Å²) in [5.74, 6) is 0. The lowest BCUT2D eigenvalue weighted by Gasteiger charge is -2.27. The molecule has 1 saturated heterocycles. The van der Waals surface area contributed by atoms with Crippen molar-refractivity contribution in [1.29, 1.82) is 0 Å². The molecule has 96 valence electrons. The standard InChI is InChI=1S/C11H16Br2N2OS/c1-15(6-8-5-14-2-3-16-8)7-9-4-10(12)11(13)17-9/h4,8,14H,2-3,5-7H2,1H3. The summed E-state index contributed by atoms with van der Waals surface area (Å²) in [5, 5.41) is 3.35. The average molecular weight is 384 g/mol. The minimum atomic E-state index is 0.320. The predicted molar refractivity (Wildman–Crippen MR) is 78.7 cm³/mol. The van der Waals surface area contributed by atoms with E-state index in [0.29, 0.717) is 6.10 Å². The molecule has 1 aliphatic heterocycles. The summed E-state index contributed by atoms with van der Waals surface area (Å²) in [6, 6.07) is 2.17. The lowest BCUT2D eigenvalue weighted by Crippen LogP contribution is -2.44. The quantitative estimate of drug-likeness (QED) is 0.864. The van der Waals surface area contributed by atoms with Gasteiger partial charge in [-0.1, -0.05) is 0 Å². The van der Waals surface area contributed by atoms with Gasteiger partial charge in [0.05, 0.1) is 16.5 Å². The van der Waals surface area contributed by atoms with Gasteiger partial charge in [-0.2, -0.15) is 0 Å². The summed E-state index contributed by atoms with van der Waals surface area (Å²) < 4.78 is 8.00. The van der Waals surface area contributed by atoms with Crippen molar-refractivity contribution in [3.05, 3.63) is 19.2 Å². The van der Waals surface area contributed by atoms with Crippen molar-refractivity contribution in [2.45, 2.75) is 12.6 Å². The molecule has 0 bridgehead atoms. The van der Waals surface area contributed by atoms with Gasteiger partial charge in [0.2, 0.25) is 0 Å². The van der Waals surface area contributed by atoms with Crippen LogP contribution in [0.3, 0.4) is 0 Å². The maximum atomic E-state index is 5.70. The third kappa shape index (κ3) is 4.29. The normalized spacial score (nSPS) is 21.1. The van der Waals surface area contributed by atoms with Crippen molar-refractivity contribution in [1.82, 2.24) is 10.2 Å². The van der Waals surface area contributed by atoms with E-state index in [4.69, 9.17) is 4.74 Å². The maximum Gasteiger partial charge on any atom is 0.0843 e. The molecule has 1 aromatic heterocycles. The molecule has 1 unspecified atom stereocenters. The Labute approximate surface area is 123 Å². The lowest BCUT2D eigenvalue weighted by atomic mass is 10.3. The molecule has 0 amide bonds. The van der Waals surface area contributed by atoms with Crippen molar-refractivity contribution >= 4 is 43.2 Å². The molecule has 1 N–H and O–H groups in total. The van der Waals surface area contributed by atoms with E-state index in [1.54, 1.807) is 11.3 Å². The molecule has 2 rings (SSSR count). The van der Waals surface area contributed by atoms with Crippen LogP contribution in [-0.4, -0.2) is 44.3 Å². The number of thiophene rings is 1. The molecule has 3 nitrogen and oxygen atoms in total. The van der Waals surface area contributed by atoms with Crippen LogP contribution in [0.25, 0.3) is 0 Å². The summed E-state index contributed by atoms with van der Waals surface area (Å²) in [7, 11) is 2.14. The van der Waals surface area contributed by atoms with Gasteiger partial charge in [0.15, 0.2) is 0 Å². The van der Waals surface area contributed by atoms with Crippen LogP contribution in [0.2, 0.25) is 0 Å². The van der Waals surface area contributed by atoms with Crippen LogP contribution in [0, 0.1) is 0 Å². The molecule has 1 aliphatic rings. The molecule has 2 heterocycles. The monoisotopic (exact) mass is 382 g/mol. The van der Waals surface area contributed by atoms with Gasteiger partial charge in [-0.3, -0.25) is 4.90 Å². The van der Waals surface area contributed by atoms with Gasteiger partial charge in [0, 0.05) is 35.5 Å². The highest BCUT2D eigenvalue weighted by Crippen LogP contribution is 2.32. The molecular formula is C11H16Br2N2OS. The minimum Gasteiger partial charge on any atom is -0.374 e. The zero-order chi connectivity index (χ0) is 12.3. The Bertz CT molecular complexity index is 347. The Morgan fingerprint density at radius 3 is 3.00 bits per heavy atom. The number of morpholine rings is 1. The van der Waals surface area contributed by atoms with Crippen LogP contribution < -0.4 is 5.32 Å². The number of hydrogen-bond acceptors (Lipinski definition) is 4. The Kier molecular flexibility index (Phi) is 5.45. The molecule has 17 heavy (non-hydrogen) atoms. The Morgan fingerprint density at radius 1 is 1.59 bits per heavy atom. The van der Waals surface area contributed by atoms with E-state index in [9.17, 15) is 0 Å². The summed E-state index contributed by atoms with van der Waals surface area (Å²) in [5.41, 5.74) is 0. The van der Waals surface area contributed by atoms with E-state index in [1.165, 1.54) is 4.88 Å². The van der Waals surface area contributed by atoms with E-state index < -0.39 is 0 Å². The Balaban J connectivity index is 1.81. The largest absolute Gasteiger partial charge is 0.374 e. The van der Waals surface area contributed by atoms with Gasteiger partial charge in [0.1, 0.15) is 0 Å². The second-order valence-electron chi connectivity index (χ2n) is 4.23. The highest BCUT2D eigenvalue weighted by Gasteiger charge is 2.16. The van der Waals surface area contributed by atoms with Gasteiger partial charge in [-0.15, -0.1) is 11.3 Å². The summed E-state index contributed by atoms with van der Waals surface area (Å²) >= 11 is 8.81. The second-order valence-corrected chi connectivity index (χ2v) is 7.54. The van der Waals surface area contributed by atoms with Gasteiger partial charge in [0.25, 0.3) is 0 Å². The van der Waals surface area contributed by atoms with Crippen molar-refractivity contribution in [3.63, 3.8) is 0 Å². The van der Waals surface area contributed by atoms with E-state index in [2.05, 4.69) is 55.2 Å². The van der Waals surface area contributed by atoms with E-state index in [0.717, 1.165) is 41.0 Å². The molecule has 0 saturated carbocycles. The Morgan fingerprint density at radius 2 is 2.41 bits per heavy atom. The van der Waals surface area contributed by atoms with Crippen LogP contribution in [0.1, 0.15) is 4.88 Å². The minimum absolute atomic E-state index is 0.320. The molecule has 0 spiro atoms. The van der Waals surface area contributed by atoms with Crippen LogP contribution in [0.5, 0.6) is 0 Å². The number of ether oxygens (including phenoxy) is 1. The third-order valence-corrected chi connectivity index (χ3v) is 5.88. The number of halogens is 2. The van der Waals surface area contributed by atoms with Gasteiger partial charge >= 0.3 is 0 Å².